The zero-order valence-electron chi connectivity index (χ0n) is 20.8. The molecular formula is C33H29BrN2O. The van der Waals surface area contributed by atoms with Crippen molar-refractivity contribution in [3.63, 3.8) is 0 Å². The van der Waals surface area contributed by atoms with Gasteiger partial charge in [0.1, 0.15) is 12.4 Å². The van der Waals surface area contributed by atoms with Gasteiger partial charge >= 0.3 is 0 Å². The molecule has 1 aliphatic carbocycles. The molecule has 4 aromatic carbocycles. The number of ether oxygens (including phenoxy) is 1. The lowest BCUT2D eigenvalue weighted by molar-refractivity contribution is 0.306. The summed E-state index contributed by atoms with van der Waals surface area (Å²) < 4.78 is 7.14. The molecule has 1 aliphatic heterocycles. The molecule has 1 heterocycles. The molecule has 4 aromatic rings. The van der Waals surface area contributed by atoms with Gasteiger partial charge in [-0.2, -0.15) is 0 Å². The fourth-order valence-electron chi connectivity index (χ4n) is 5.38. The van der Waals surface area contributed by atoms with E-state index in [1.54, 1.807) is 0 Å². The summed E-state index contributed by atoms with van der Waals surface area (Å²) in [5.41, 5.74) is 8.21. The molecule has 0 fully saturated rings. The normalized spacial score (nSPS) is 19.9. The molecule has 184 valence electrons. The van der Waals surface area contributed by atoms with Gasteiger partial charge < -0.3 is 10.1 Å². The minimum Gasteiger partial charge on any atom is -0.488 e. The Labute approximate surface area is 227 Å². The maximum atomic E-state index is 6.15. The maximum absolute atomic E-state index is 6.15. The third-order valence-electron chi connectivity index (χ3n) is 7.36. The molecule has 3 nitrogen and oxygen atoms in total. The van der Waals surface area contributed by atoms with Crippen LogP contribution in [0.4, 0.5) is 11.4 Å². The second-order valence-electron chi connectivity index (χ2n) is 9.87. The van der Waals surface area contributed by atoms with E-state index in [9.17, 15) is 0 Å². The number of nitrogens with zero attached hydrogens (tertiary/aromatic N) is 1. The van der Waals surface area contributed by atoms with Gasteiger partial charge in [0.2, 0.25) is 0 Å². The Morgan fingerprint density at radius 3 is 2.62 bits per heavy atom. The van der Waals surface area contributed by atoms with Crippen LogP contribution in [0, 0.1) is 12.8 Å². The highest BCUT2D eigenvalue weighted by Crippen LogP contribution is 2.49. The first-order valence-corrected chi connectivity index (χ1v) is 13.6. The Hall–Kier alpha value is -3.63. The summed E-state index contributed by atoms with van der Waals surface area (Å²) in [7, 11) is 0. The molecule has 0 unspecified atom stereocenters. The SMILES string of the molecule is Cc1ccc(COc2ccc(Br)cc2C=Nc2ccc([C@@H]3Nc4ccccc4[C@@H]4C=CC[C@H]43)cc2)cc1. The van der Waals surface area contributed by atoms with E-state index in [1.807, 2.05) is 24.4 Å². The topological polar surface area (TPSA) is 33.6 Å². The molecule has 4 heteroatoms. The van der Waals surface area contributed by atoms with Crippen molar-refractivity contribution in [3.05, 3.63) is 135 Å². The Morgan fingerprint density at radius 1 is 0.973 bits per heavy atom. The van der Waals surface area contributed by atoms with Gasteiger partial charge in [-0.3, -0.25) is 4.99 Å². The van der Waals surface area contributed by atoms with Gasteiger partial charge in [0.15, 0.2) is 0 Å². The number of hydrogen-bond acceptors (Lipinski definition) is 3. The van der Waals surface area contributed by atoms with Gasteiger partial charge in [-0.05, 0) is 72.4 Å². The van der Waals surface area contributed by atoms with E-state index in [0.29, 0.717) is 24.5 Å². The van der Waals surface area contributed by atoms with Gasteiger partial charge in [-0.15, -0.1) is 0 Å². The molecule has 37 heavy (non-hydrogen) atoms. The van der Waals surface area contributed by atoms with Gasteiger partial charge in [0.05, 0.1) is 11.7 Å². The lowest BCUT2D eigenvalue weighted by Crippen LogP contribution is -2.28. The van der Waals surface area contributed by atoms with Crippen molar-refractivity contribution in [1.29, 1.82) is 0 Å². The van der Waals surface area contributed by atoms with Crippen molar-refractivity contribution in [2.24, 2.45) is 10.9 Å². The highest BCUT2D eigenvalue weighted by Gasteiger charge is 2.37. The first kappa shape index (κ1) is 23.7. The molecule has 0 saturated heterocycles. The van der Waals surface area contributed by atoms with E-state index in [4.69, 9.17) is 9.73 Å². The number of benzene rings is 4. The number of fused-ring (bicyclic) bond motifs is 3. The molecule has 1 N–H and O–H groups in total. The molecule has 6 rings (SSSR count). The number of rotatable bonds is 6. The zero-order chi connectivity index (χ0) is 25.2. The lowest BCUT2D eigenvalue weighted by Gasteiger charge is -2.37. The van der Waals surface area contributed by atoms with E-state index in [2.05, 4.69) is 113 Å². The number of allylic oxidation sites excluding steroid dienone is 2. The van der Waals surface area contributed by atoms with Gasteiger partial charge in [-0.25, -0.2) is 0 Å². The second kappa shape index (κ2) is 10.4. The van der Waals surface area contributed by atoms with Crippen LogP contribution in [-0.2, 0) is 6.61 Å². The minimum absolute atomic E-state index is 0.291. The van der Waals surface area contributed by atoms with Crippen molar-refractivity contribution in [3.8, 4) is 5.75 Å². The molecule has 3 atom stereocenters. The quantitative estimate of drug-likeness (QED) is 0.192. The summed E-state index contributed by atoms with van der Waals surface area (Å²) >= 11 is 3.58. The smallest absolute Gasteiger partial charge is 0.128 e. The number of aliphatic imine (C=N–C) groups is 1. The predicted octanol–water partition coefficient (Wildman–Crippen LogP) is 8.91. The fraction of sp³-hybridized carbons (Fsp3) is 0.182. The Morgan fingerprint density at radius 2 is 1.78 bits per heavy atom. The summed E-state index contributed by atoms with van der Waals surface area (Å²) in [4.78, 5) is 4.77. The van der Waals surface area contributed by atoms with E-state index in [1.165, 1.54) is 22.4 Å². The standard InChI is InChI=1S/C33H29BrN2O/c1-22-9-11-23(12-10-22)21-37-32-18-15-26(34)19-25(32)20-35-27-16-13-24(14-17-27)33-30-7-4-6-28(30)29-5-2-3-8-31(29)36-33/h2-6,8-20,28,30,33,36H,7,21H2,1H3/t28-,30+,33-/m0/s1. The summed E-state index contributed by atoms with van der Waals surface area (Å²) in [6, 6.07) is 32.1. The number of halogens is 1. The van der Waals surface area contributed by atoms with Crippen molar-refractivity contribution < 1.29 is 4.74 Å². The van der Waals surface area contributed by atoms with Gasteiger partial charge in [0.25, 0.3) is 0 Å². The number of hydrogen-bond donors (Lipinski definition) is 1. The van der Waals surface area contributed by atoms with Crippen LogP contribution in [0.15, 0.2) is 113 Å². The summed E-state index contributed by atoms with van der Waals surface area (Å²) in [6.07, 6.45) is 7.70. The predicted molar refractivity (Wildman–Crippen MR) is 156 cm³/mol. The minimum atomic E-state index is 0.291. The van der Waals surface area contributed by atoms with Crippen LogP contribution in [0.2, 0.25) is 0 Å². The van der Waals surface area contributed by atoms with Crippen molar-refractivity contribution in [1.82, 2.24) is 0 Å². The lowest BCUT2D eigenvalue weighted by atomic mass is 9.77. The first-order valence-electron chi connectivity index (χ1n) is 12.8. The van der Waals surface area contributed by atoms with Gasteiger partial charge in [-0.1, -0.05) is 88.2 Å². The van der Waals surface area contributed by atoms with E-state index in [-0.39, 0.29) is 0 Å². The Bertz CT molecular complexity index is 1460. The van der Waals surface area contributed by atoms with E-state index >= 15 is 0 Å². The van der Waals surface area contributed by atoms with Crippen molar-refractivity contribution in [2.75, 3.05) is 5.32 Å². The molecule has 0 radical (unpaired) electrons. The highest BCUT2D eigenvalue weighted by atomic mass is 79.9. The number of anilines is 1. The van der Waals surface area contributed by atoms with Crippen LogP contribution >= 0.6 is 15.9 Å². The van der Waals surface area contributed by atoms with Crippen LogP contribution in [0.5, 0.6) is 5.75 Å². The van der Waals surface area contributed by atoms with Crippen LogP contribution in [0.1, 0.15) is 46.2 Å². The van der Waals surface area contributed by atoms with E-state index in [0.717, 1.165) is 33.5 Å². The summed E-state index contributed by atoms with van der Waals surface area (Å²) in [5, 5.41) is 3.81. The number of para-hydroxylation sites is 1. The van der Waals surface area contributed by atoms with E-state index < -0.39 is 0 Å². The molecule has 0 saturated carbocycles. The van der Waals surface area contributed by atoms with Crippen LogP contribution in [0.25, 0.3) is 0 Å². The molecule has 0 bridgehead atoms. The fourth-order valence-corrected chi connectivity index (χ4v) is 5.76. The van der Waals surface area contributed by atoms with Crippen molar-refractivity contribution >= 4 is 33.5 Å². The molecule has 0 aromatic heterocycles. The molecule has 2 aliphatic rings. The molecular weight excluding hydrogens is 520 g/mol. The molecule has 0 spiro atoms. The third kappa shape index (κ3) is 5.12. The Balaban J connectivity index is 1.18. The monoisotopic (exact) mass is 548 g/mol. The largest absolute Gasteiger partial charge is 0.488 e. The Kier molecular flexibility index (Phi) is 6.67. The highest BCUT2D eigenvalue weighted by molar-refractivity contribution is 9.10. The van der Waals surface area contributed by atoms with Gasteiger partial charge in [0, 0.05) is 27.9 Å². The number of aryl methyl sites for hydroxylation is 1. The van der Waals surface area contributed by atoms with Crippen molar-refractivity contribution in [2.45, 2.75) is 31.9 Å². The summed E-state index contributed by atoms with van der Waals surface area (Å²) in [5.74, 6) is 1.84. The average molecular weight is 550 g/mol. The van der Waals surface area contributed by atoms with Crippen LogP contribution in [0.3, 0.4) is 0 Å². The maximum Gasteiger partial charge on any atom is 0.128 e. The zero-order valence-corrected chi connectivity index (χ0v) is 22.4. The summed E-state index contributed by atoms with van der Waals surface area (Å²) in [6.45, 7) is 2.61. The third-order valence-corrected chi connectivity index (χ3v) is 7.86. The van der Waals surface area contributed by atoms with Crippen LogP contribution in [-0.4, -0.2) is 6.21 Å². The first-order chi connectivity index (χ1) is 18.1. The number of nitrogens with one attached hydrogen (secondary N) is 1. The van der Waals surface area contributed by atoms with Crippen LogP contribution < -0.4 is 10.1 Å². The second-order valence-corrected chi connectivity index (χ2v) is 10.8. The average Bonchev–Trinajstić information content (AvgIpc) is 3.43. The molecule has 0 amide bonds.